The second-order valence-corrected chi connectivity index (χ2v) is 6.02. The maximum atomic E-state index is 12.0. The Morgan fingerprint density at radius 3 is 2.57 bits per heavy atom. The van der Waals surface area contributed by atoms with Crippen LogP contribution in [0.4, 0.5) is 0 Å². The molecule has 2 unspecified atom stereocenters. The van der Waals surface area contributed by atoms with Crippen molar-refractivity contribution < 1.29 is 4.79 Å². The van der Waals surface area contributed by atoms with Gasteiger partial charge in [-0.3, -0.25) is 9.69 Å². The molecule has 0 saturated carbocycles. The predicted molar refractivity (Wildman–Crippen MR) is 85.8 cm³/mol. The summed E-state index contributed by atoms with van der Waals surface area (Å²) in [6.07, 6.45) is 3.01. The van der Waals surface area contributed by atoms with Gasteiger partial charge in [-0.15, -0.1) is 0 Å². The molecule has 0 aliphatic carbocycles. The molecule has 4 nitrogen and oxygen atoms in total. The van der Waals surface area contributed by atoms with Crippen LogP contribution < -0.4 is 11.1 Å². The third kappa shape index (κ3) is 4.83. The minimum Gasteiger partial charge on any atom is -0.354 e. The highest BCUT2D eigenvalue weighted by Crippen LogP contribution is 2.24. The zero-order valence-electron chi connectivity index (χ0n) is 12.9. The van der Waals surface area contributed by atoms with Gasteiger partial charge in [-0.2, -0.15) is 0 Å². The van der Waals surface area contributed by atoms with E-state index in [0.717, 1.165) is 13.1 Å². The van der Waals surface area contributed by atoms with Crippen molar-refractivity contribution in [3.63, 3.8) is 0 Å². The molecule has 0 spiro atoms. The highest BCUT2D eigenvalue weighted by atomic mass is 16.1. The topological polar surface area (TPSA) is 58.4 Å². The Bertz CT molecular complexity index is 429. The van der Waals surface area contributed by atoms with Crippen LogP contribution >= 0.6 is 0 Å². The molecule has 1 aromatic rings. The number of amides is 1. The molecule has 2 atom stereocenters. The molecule has 1 aliphatic rings. The summed E-state index contributed by atoms with van der Waals surface area (Å²) < 4.78 is 0. The molecule has 0 bridgehead atoms. The van der Waals surface area contributed by atoms with Gasteiger partial charge >= 0.3 is 0 Å². The number of hydrogen-bond acceptors (Lipinski definition) is 3. The molecule has 1 aliphatic heterocycles. The van der Waals surface area contributed by atoms with E-state index in [-0.39, 0.29) is 17.9 Å². The average molecular weight is 289 g/mol. The number of benzene rings is 1. The van der Waals surface area contributed by atoms with E-state index in [2.05, 4.69) is 34.5 Å². The Morgan fingerprint density at radius 1 is 1.29 bits per heavy atom. The summed E-state index contributed by atoms with van der Waals surface area (Å²) in [4.78, 5) is 14.5. The molecule has 116 valence electrons. The van der Waals surface area contributed by atoms with E-state index in [1.165, 1.54) is 18.4 Å². The van der Waals surface area contributed by atoms with Crippen LogP contribution in [-0.4, -0.2) is 37.0 Å². The van der Waals surface area contributed by atoms with Crippen molar-refractivity contribution in [1.29, 1.82) is 0 Å². The van der Waals surface area contributed by atoms with Gasteiger partial charge in [-0.05, 0) is 44.0 Å². The first-order valence-corrected chi connectivity index (χ1v) is 7.96. The van der Waals surface area contributed by atoms with E-state index in [9.17, 15) is 4.79 Å². The number of nitrogens with zero attached hydrogens (tertiary/aromatic N) is 1. The Balaban J connectivity index is 1.95. The van der Waals surface area contributed by atoms with Crippen LogP contribution in [0.5, 0.6) is 0 Å². The quantitative estimate of drug-likeness (QED) is 0.806. The summed E-state index contributed by atoms with van der Waals surface area (Å²) in [7, 11) is 0. The molecule has 0 aromatic heterocycles. The number of nitrogens with one attached hydrogen (secondary N) is 1. The van der Waals surface area contributed by atoms with Crippen molar-refractivity contribution in [1.82, 2.24) is 10.2 Å². The Morgan fingerprint density at radius 2 is 1.95 bits per heavy atom. The number of carbonyl (C=O) groups excluding carboxylic acids is 1. The van der Waals surface area contributed by atoms with Gasteiger partial charge in [0.2, 0.25) is 5.91 Å². The first kappa shape index (κ1) is 16.0. The van der Waals surface area contributed by atoms with Crippen LogP contribution in [0, 0.1) is 5.92 Å². The molecular formula is C17H27N3O. The first-order valence-electron chi connectivity index (χ1n) is 7.96. The summed E-state index contributed by atoms with van der Waals surface area (Å²) in [5.74, 6) is 0.347. The molecule has 1 saturated heterocycles. The predicted octanol–water partition coefficient (Wildman–Crippen LogP) is 1.92. The number of likely N-dealkylation sites (tertiary alicyclic amines) is 1. The van der Waals surface area contributed by atoms with E-state index in [1.54, 1.807) is 0 Å². The number of hydrogen-bond donors (Lipinski definition) is 2. The Kier molecular flexibility index (Phi) is 6.21. The zero-order valence-corrected chi connectivity index (χ0v) is 12.9. The fourth-order valence-electron chi connectivity index (χ4n) is 2.87. The van der Waals surface area contributed by atoms with Gasteiger partial charge in [0.1, 0.15) is 0 Å². The lowest BCUT2D eigenvalue weighted by atomic mass is 10.0. The van der Waals surface area contributed by atoms with E-state index in [1.807, 2.05) is 13.0 Å². The van der Waals surface area contributed by atoms with Crippen molar-refractivity contribution in [2.45, 2.75) is 32.2 Å². The van der Waals surface area contributed by atoms with Crippen molar-refractivity contribution in [3.8, 4) is 0 Å². The van der Waals surface area contributed by atoms with E-state index >= 15 is 0 Å². The lowest BCUT2D eigenvalue weighted by Crippen LogP contribution is -2.37. The molecule has 1 amide bonds. The highest BCUT2D eigenvalue weighted by molar-refractivity contribution is 5.76. The van der Waals surface area contributed by atoms with Crippen molar-refractivity contribution in [2.75, 3.05) is 26.2 Å². The standard InChI is InChI=1S/C17H27N3O/c1-14(12-18)11-17(21)19-13-16(20-9-5-6-10-20)15-7-3-2-4-8-15/h2-4,7-8,14,16H,5-6,9-13,18H2,1H3,(H,19,21). The maximum Gasteiger partial charge on any atom is 0.220 e. The van der Waals surface area contributed by atoms with Gasteiger partial charge in [0.05, 0.1) is 6.04 Å². The molecule has 1 heterocycles. The van der Waals surface area contributed by atoms with Crippen LogP contribution in [0.25, 0.3) is 0 Å². The SMILES string of the molecule is CC(CN)CC(=O)NCC(c1ccccc1)N1CCCC1. The average Bonchev–Trinajstić information content (AvgIpc) is 3.02. The molecule has 0 radical (unpaired) electrons. The summed E-state index contributed by atoms with van der Waals surface area (Å²) in [6.45, 7) is 5.49. The highest BCUT2D eigenvalue weighted by Gasteiger charge is 2.23. The first-order chi connectivity index (χ1) is 10.2. The number of carbonyl (C=O) groups is 1. The summed E-state index contributed by atoms with van der Waals surface area (Å²) in [6, 6.07) is 10.8. The largest absolute Gasteiger partial charge is 0.354 e. The number of rotatable bonds is 7. The van der Waals surface area contributed by atoms with Crippen molar-refractivity contribution in [2.24, 2.45) is 11.7 Å². The minimum atomic E-state index is 0.105. The Hall–Kier alpha value is -1.39. The van der Waals surface area contributed by atoms with Gasteiger partial charge in [0, 0.05) is 13.0 Å². The molecule has 1 aromatic carbocycles. The van der Waals surface area contributed by atoms with E-state index < -0.39 is 0 Å². The number of nitrogens with two attached hydrogens (primary N) is 1. The third-order valence-electron chi connectivity index (χ3n) is 4.19. The van der Waals surface area contributed by atoms with Crippen LogP contribution in [-0.2, 0) is 4.79 Å². The van der Waals surface area contributed by atoms with Crippen LogP contribution in [0.2, 0.25) is 0 Å². The third-order valence-corrected chi connectivity index (χ3v) is 4.19. The van der Waals surface area contributed by atoms with Gasteiger partial charge in [-0.25, -0.2) is 0 Å². The van der Waals surface area contributed by atoms with Gasteiger partial charge < -0.3 is 11.1 Å². The molecule has 3 N–H and O–H groups in total. The smallest absolute Gasteiger partial charge is 0.220 e. The summed E-state index contributed by atoms with van der Waals surface area (Å²) in [5.41, 5.74) is 6.86. The molecule has 1 fully saturated rings. The minimum absolute atomic E-state index is 0.105. The van der Waals surface area contributed by atoms with E-state index in [4.69, 9.17) is 5.73 Å². The molecular weight excluding hydrogens is 262 g/mol. The molecule has 4 heteroatoms. The monoisotopic (exact) mass is 289 g/mol. The lowest BCUT2D eigenvalue weighted by molar-refractivity contribution is -0.122. The fraction of sp³-hybridized carbons (Fsp3) is 0.588. The van der Waals surface area contributed by atoms with Crippen molar-refractivity contribution >= 4 is 5.91 Å². The van der Waals surface area contributed by atoms with Crippen LogP contribution in [0.15, 0.2) is 30.3 Å². The Labute approximate surface area is 127 Å². The second-order valence-electron chi connectivity index (χ2n) is 6.02. The zero-order chi connectivity index (χ0) is 15.1. The summed E-state index contributed by atoms with van der Waals surface area (Å²) in [5, 5.41) is 3.09. The second kappa shape index (κ2) is 8.15. The van der Waals surface area contributed by atoms with Gasteiger partial charge in [-0.1, -0.05) is 37.3 Å². The fourth-order valence-corrected chi connectivity index (χ4v) is 2.87. The van der Waals surface area contributed by atoms with Gasteiger partial charge in [0.15, 0.2) is 0 Å². The molecule has 2 rings (SSSR count). The van der Waals surface area contributed by atoms with Crippen LogP contribution in [0.1, 0.15) is 37.8 Å². The van der Waals surface area contributed by atoms with Crippen LogP contribution in [0.3, 0.4) is 0 Å². The normalized spacial score (nSPS) is 18.4. The molecule has 21 heavy (non-hydrogen) atoms. The summed E-state index contributed by atoms with van der Waals surface area (Å²) >= 11 is 0. The van der Waals surface area contributed by atoms with Crippen molar-refractivity contribution in [3.05, 3.63) is 35.9 Å². The lowest BCUT2D eigenvalue weighted by Gasteiger charge is -2.28. The van der Waals surface area contributed by atoms with Gasteiger partial charge in [0.25, 0.3) is 0 Å². The van der Waals surface area contributed by atoms with E-state index in [0.29, 0.717) is 19.5 Å². The maximum absolute atomic E-state index is 12.0.